The van der Waals surface area contributed by atoms with Crippen molar-refractivity contribution in [1.82, 2.24) is 9.97 Å². The standard InChI is InChI=1S/C24H19ClN4O/c25-21-10-12-22(13-11-21)29-23(30)19-8-6-18(7-9-19)20-15-27-24(28-16-20)26-14-17-4-2-1-3-5-17/h1-13,15-16H,14H2,(H,29,30)(H,26,27,28). The molecule has 3 aromatic carbocycles. The lowest BCUT2D eigenvalue weighted by atomic mass is 10.1. The molecule has 0 saturated carbocycles. The fourth-order valence-corrected chi connectivity index (χ4v) is 3.02. The zero-order valence-electron chi connectivity index (χ0n) is 16.0. The van der Waals surface area contributed by atoms with Crippen molar-refractivity contribution in [3.8, 4) is 11.1 Å². The molecule has 5 nitrogen and oxygen atoms in total. The van der Waals surface area contributed by atoms with Gasteiger partial charge in [-0.1, -0.05) is 54.1 Å². The molecule has 0 aliphatic carbocycles. The first kappa shape index (κ1) is 19.6. The summed E-state index contributed by atoms with van der Waals surface area (Å²) in [5, 5.41) is 6.68. The smallest absolute Gasteiger partial charge is 0.255 e. The number of hydrogen-bond donors (Lipinski definition) is 2. The van der Waals surface area contributed by atoms with Crippen molar-refractivity contribution in [2.24, 2.45) is 0 Å². The summed E-state index contributed by atoms with van der Waals surface area (Å²) in [5.74, 6) is 0.391. The molecule has 0 unspecified atom stereocenters. The van der Waals surface area contributed by atoms with Crippen molar-refractivity contribution in [3.63, 3.8) is 0 Å². The van der Waals surface area contributed by atoms with Crippen LogP contribution >= 0.6 is 11.6 Å². The molecular formula is C24H19ClN4O. The normalized spacial score (nSPS) is 10.4. The Kier molecular flexibility index (Phi) is 6.01. The summed E-state index contributed by atoms with van der Waals surface area (Å²) in [6, 6.07) is 24.4. The molecule has 30 heavy (non-hydrogen) atoms. The van der Waals surface area contributed by atoms with E-state index in [1.807, 2.05) is 42.5 Å². The summed E-state index contributed by atoms with van der Waals surface area (Å²) < 4.78 is 0. The fourth-order valence-electron chi connectivity index (χ4n) is 2.90. The maximum Gasteiger partial charge on any atom is 0.255 e. The largest absolute Gasteiger partial charge is 0.350 e. The van der Waals surface area contributed by atoms with Crippen LogP contribution in [0.2, 0.25) is 5.02 Å². The lowest BCUT2D eigenvalue weighted by Gasteiger charge is -2.08. The molecule has 1 heterocycles. The van der Waals surface area contributed by atoms with Crippen LogP contribution in [-0.4, -0.2) is 15.9 Å². The van der Waals surface area contributed by atoms with E-state index in [4.69, 9.17) is 11.6 Å². The molecule has 148 valence electrons. The summed E-state index contributed by atoms with van der Waals surface area (Å²) in [4.78, 5) is 21.2. The van der Waals surface area contributed by atoms with Crippen molar-refractivity contribution in [2.75, 3.05) is 10.6 Å². The Hall–Kier alpha value is -3.70. The van der Waals surface area contributed by atoms with Crippen LogP contribution in [0, 0.1) is 0 Å². The van der Waals surface area contributed by atoms with Crippen molar-refractivity contribution in [3.05, 3.63) is 107 Å². The van der Waals surface area contributed by atoms with E-state index in [1.165, 1.54) is 0 Å². The highest BCUT2D eigenvalue weighted by atomic mass is 35.5. The van der Waals surface area contributed by atoms with Crippen LogP contribution in [0.15, 0.2) is 91.3 Å². The summed E-state index contributed by atoms with van der Waals surface area (Å²) in [7, 11) is 0. The molecule has 0 saturated heterocycles. The second-order valence-corrected chi connectivity index (χ2v) is 7.11. The third-order valence-corrected chi connectivity index (χ3v) is 4.78. The van der Waals surface area contributed by atoms with Crippen LogP contribution in [-0.2, 0) is 6.54 Å². The molecule has 4 rings (SSSR count). The first-order valence-corrected chi connectivity index (χ1v) is 9.82. The average Bonchev–Trinajstić information content (AvgIpc) is 2.80. The van der Waals surface area contributed by atoms with E-state index >= 15 is 0 Å². The monoisotopic (exact) mass is 414 g/mol. The molecular weight excluding hydrogens is 396 g/mol. The number of halogens is 1. The Balaban J connectivity index is 1.38. The van der Waals surface area contributed by atoms with E-state index < -0.39 is 0 Å². The number of nitrogens with zero attached hydrogens (tertiary/aromatic N) is 2. The van der Waals surface area contributed by atoms with Crippen molar-refractivity contribution in [2.45, 2.75) is 6.54 Å². The lowest BCUT2D eigenvalue weighted by molar-refractivity contribution is 0.102. The van der Waals surface area contributed by atoms with Gasteiger partial charge in [0.25, 0.3) is 5.91 Å². The number of hydrogen-bond acceptors (Lipinski definition) is 4. The van der Waals surface area contributed by atoms with Gasteiger partial charge < -0.3 is 10.6 Å². The van der Waals surface area contributed by atoms with Crippen molar-refractivity contribution in [1.29, 1.82) is 0 Å². The highest BCUT2D eigenvalue weighted by Gasteiger charge is 2.07. The number of aromatic nitrogens is 2. The molecule has 0 fully saturated rings. The Morgan fingerprint density at radius 2 is 1.47 bits per heavy atom. The number of anilines is 2. The van der Waals surface area contributed by atoms with Crippen LogP contribution in [0.5, 0.6) is 0 Å². The molecule has 0 spiro atoms. The van der Waals surface area contributed by atoms with Gasteiger partial charge in [-0.05, 0) is 47.5 Å². The van der Waals surface area contributed by atoms with Crippen LogP contribution in [0.1, 0.15) is 15.9 Å². The van der Waals surface area contributed by atoms with E-state index in [9.17, 15) is 4.79 Å². The molecule has 0 aliphatic heterocycles. The molecule has 0 aliphatic rings. The Morgan fingerprint density at radius 1 is 0.800 bits per heavy atom. The van der Waals surface area contributed by atoms with Crippen molar-refractivity contribution >= 4 is 29.1 Å². The van der Waals surface area contributed by atoms with Crippen molar-refractivity contribution < 1.29 is 4.79 Å². The number of amides is 1. The van der Waals surface area contributed by atoms with Crippen LogP contribution in [0.3, 0.4) is 0 Å². The zero-order chi connectivity index (χ0) is 20.8. The number of benzene rings is 3. The molecule has 2 N–H and O–H groups in total. The molecule has 4 aromatic rings. The van der Waals surface area contributed by atoms with Crippen LogP contribution < -0.4 is 10.6 Å². The van der Waals surface area contributed by atoms with Crippen LogP contribution in [0.25, 0.3) is 11.1 Å². The van der Waals surface area contributed by atoms with Gasteiger partial charge in [0.15, 0.2) is 0 Å². The third kappa shape index (κ3) is 5.01. The molecule has 6 heteroatoms. The highest BCUT2D eigenvalue weighted by Crippen LogP contribution is 2.20. The summed E-state index contributed by atoms with van der Waals surface area (Å²) in [6.45, 7) is 0.664. The first-order chi connectivity index (χ1) is 14.7. The number of nitrogens with one attached hydrogen (secondary N) is 2. The SMILES string of the molecule is O=C(Nc1ccc(Cl)cc1)c1ccc(-c2cnc(NCc3ccccc3)nc2)cc1. The minimum atomic E-state index is -0.180. The summed E-state index contributed by atoms with van der Waals surface area (Å²) in [5.41, 5.74) is 4.24. The Bertz CT molecular complexity index is 1110. The molecule has 0 bridgehead atoms. The van der Waals surface area contributed by atoms with E-state index in [0.717, 1.165) is 16.7 Å². The number of carbonyl (C=O) groups is 1. The molecule has 0 radical (unpaired) electrons. The maximum atomic E-state index is 12.4. The topological polar surface area (TPSA) is 66.9 Å². The highest BCUT2D eigenvalue weighted by molar-refractivity contribution is 6.30. The van der Waals surface area contributed by atoms with E-state index in [1.54, 1.807) is 48.8 Å². The Labute approximate surface area is 179 Å². The van der Waals surface area contributed by atoms with E-state index in [0.29, 0.717) is 28.8 Å². The van der Waals surface area contributed by atoms with Crippen LogP contribution in [0.4, 0.5) is 11.6 Å². The lowest BCUT2D eigenvalue weighted by Crippen LogP contribution is -2.11. The minimum Gasteiger partial charge on any atom is -0.350 e. The Morgan fingerprint density at radius 3 is 2.13 bits per heavy atom. The van der Waals surface area contributed by atoms with Gasteiger partial charge in [-0.2, -0.15) is 0 Å². The third-order valence-electron chi connectivity index (χ3n) is 4.53. The van der Waals surface area contributed by atoms with Gasteiger partial charge in [-0.25, -0.2) is 9.97 Å². The summed E-state index contributed by atoms with van der Waals surface area (Å²) in [6.07, 6.45) is 3.53. The summed E-state index contributed by atoms with van der Waals surface area (Å²) >= 11 is 5.87. The molecule has 0 atom stereocenters. The maximum absolute atomic E-state index is 12.4. The van der Waals surface area contributed by atoms with Gasteiger partial charge in [0.2, 0.25) is 5.95 Å². The van der Waals surface area contributed by atoms with E-state index in [-0.39, 0.29) is 5.91 Å². The van der Waals surface area contributed by atoms with Gasteiger partial charge in [0, 0.05) is 40.8 Å². The fraction of sp³-hybridized carbons (Fsp3) is 0.0417. The van der Waals surface area contributed by atoms with Gasteiger partial charge in [-0.3, -0.25) is 4.79 Å². The zero-order valence-corrected chi connectivity index (χ0v) is 16.8. The molecule has 1 aromatic heterocycles. The first-order valence-electron chi connectivity index (χ1n) is 9.44. The van der Waals surface area contributed by atoms with Gasteiger partial charge in [-0.15, -0.1) is 0 Å². The second kappa shape index (κ2) is 9.20. The number of carbonyl (C=O) groups excluding carboxylic acids is 1. The predicted molar refractivity (Wildman–Crippen MR) is 121 cm³/mol. The van der Waals surface area contributed by atoms with E-state index in [2.05, 4.69) is 20.6 Å². The van der Waals surface area contributed by atoms with Gasteiger partial charge >= 0.3 is 0 Å². The second-order valence-electron chi connectivity index (χ2n) is 6.67. The quantitative estimate of drug-likeness (QED) is 0.427. The van der Waals surface area contributed by atoms with Gasteiger partial charge in [0.05, 0.1) is 0 Å². The minimum absolute atomic E-state index is 0.180. The average molecular weight is 415 g/mol. The molecule has 1 amide bonds. The number of rotatable bonds is 6. The van der Waals surface area contributed by atoms with Gasteiger partial charge in [0.1, 0.15) is 0 Å². The predicted octanol–water partition coefficient (Wildman–Crippen LogP) is 5.66.